The van der Waals surface area contributed by atoms with Gasteiger partial charge in [-0.25, -0.2) is 0 Å². The van der Waals surface area contributed by atoms with Gasteiger partial charge >= 0.3 is 18.5 Å². The van der Waals surface area contributed by atoms with Crippen molar-refractivity contribution in [2.45, 2.75) is 77.1 Å². The van der Waals surface area contributed by atoms with Crippen LogP contribution < -0.4 is 9.80 Å². The second-order valence-corrected chi connectivity index (χ2v) is 11.3. The quantitative estimate of drug-likeness (QED) is 0.210. The summed E-state index contributed by atoms with van der Waals surface area (Å²) in [6, 6.07) is 2.94. The molecule has 4 rings (SSSR count). The Morgan fingerprint density at radius 2 is 1.52 bits per heavy atom. The highest BCUT2D eigenvalue weighted by atomic mass is 19.4. The van der Waals surface area contributed by atoms with Gasteiger partial charge in [0.1, 0.15) is 0 Å². The number of benzene rings is 2. The average Bonchev–Trinajstić information content (AvgIpc) is 3.32. The number of alkyl halides is 9. The summed E-state index contributed by atoms with van der Waals surface area (Å²) in [6.45, 7) is 3.11. The normalized spacial score (nSPS) is 15.3. The molecular weight excluding hydrogens is 603 g/mol. The van der Waals surface area contributed by atoms with E-state index in [4.69, 9.17) is 0 Å². The number of hydrogen-bond acceptors (Lipinski definition) is 5. The monoisotopic (exact) mass is 636 g/mol. The maximum atomic E-state index is 14.1. The standard InChI is InChI=1S/C29H33F9N6/c1-5-7-24(22-10-17(2)23(29(36,37)38)14-25(22)42(3)15-18-8-6-9-18)44(26-39-41-43(4)40-26)16-19-11-20(27(30,31)32)13-21(12-19)28(33,34)35/h10-14,18,24H,5-9,15-16H2,1-4H3/t24-/m0/s1. The largest absolute Gasteiger partial charge is 0.416 e. The van der Waals surface area contributed by atoms with Crippen molar-refractivity contribution in [3.8, 4) is 0 Å². The molecule has 1 atom stereocenters. The van der Waals surface area contributed by atoms with E-state index >= 15 is 0 Å². The summed E-state index contributed by atoms with van der Waals surface area (Å²) in [5.41, 5.74) is -3.49. The van der Waals surface area contributed by atoms with E-state index in [0.29, 0.717) is 30.7 Å². The van der Waals surface area contributed by atoms with Crippen LogP contribution in [0.15, 0.2) is 30.3 Å². The molecule has 0 amide bonds. The molecule has 1 aromatic heterocycles. The van der Waals surface area contributed by atoms with Crippen LogP contribution in [0.4, 0.5) is 51.1 Å². The van der Waals surface area contributed by atoms with Gasteiger partial charge in [-0.05, 0) is 78.3 Å². The highest BCUT2D eigenvalue weighted by Gasteiger charge is 2.39. The zero-order chi connectivity index (χ0) is 32.6. The van der Waals surface area contributed by atoms with Gasteiger partial charge in [0.2, 0.25) is 0 Å². The third kappa shape index (κ3) is 7.57. The van der Waals surface area contributed by atoms with E-state index < -0.39 is 47.8 Å². The number of hydrogen-bond donors (Lipinski definition) is 0. The van der Waals surface area contributed by atoms with Crippen molar-refractivity contribution >= 4 is 11.6 Å². The lowest BCUT2D eigenvalue weighted by molar-refractivity contribution is -0.143. The molecule has 2 aromatic carbocycles. The minimum atomic E-state index is -5.06. The predicted molar refractivity (Wildman–Crippen MR) is 146 cm³/mol. The minimum Gasteiger partial charge on any atom is -0.374 e. The van der Waals surface area contributed by atoms with Gasteiger partial charge < -0.3 is 9.80 Å². The molecule has 0 spiro atoms. The fraction of sp³-hybridized carbons (Fsp3) is 0.552. The first-order valence-corrected chi connectivity index (χ1v) is 14.1. The molecule has 0 aliphatic heterocycles. The molecule has 0 N–H and O–H groups in total. The molecule has 15 heteroatoms. The maximum absolute atomic E-state index is 14.1. The van der Waals surface area contributed by atoms with E-state index in [2.05, 4.69) is 15.4 Å². The maximum Gasteiger partial charge on any atom is 0.416 e. The van der Waals surface area contributed by atoms with Crippen molar-refractivity contribution in [3.05, 3.63) is 63.7 Å². The van der Waals surface area contributed by atoms with E-state index in [0.717, 1.165) is 30.1 Å². The van der Waals surface area contributed by atoms with E-state index in [-0.39, 0.29) is 41.2 Å². The summed E-state index contributed by atoms with van der Waals surface area (Å²) >= 11 is 0. The average molecular weight is 637 g/mol. The summed E-state index contributed by atoms with van der Waals surface area (Å²) in [6.07, 6.45) is -11.1. The zero-order valence-electron chi connectivity index (χ0n) is 24.6. The number of rotatable bonds is 10. The van der Waals surface area contributed by atoms with Crippen LogP contribution in [0.2, 0.25) is 0 Å². The Balaban J connectivity index is 1.90. The van der Waals surface area contributed by atoms with Crippen molar-refractivity contribution in [1.29, 1.82) is 0 Å². The third-order valence-corrected chi connectivity index (χ3v) is 7.90. The summed E-state index contributed by atoms with van der Waals surface area (Å²) in [7, 11) is 3.12. The Morgan fingerprint density at radius 1 is 0.909 bits per heavy atom. The number of aryl methyl sites for hydroxylation is 2. The fourth-order valence-corrected chi connectivity index (χ4v) is 5.55. The lowest BCUT2D eigenvalue weighted by atomic mass is 9.84. The van der Waals surface area contributed by atoms with E-state index in [9.17, 15) is 39.5 Å². The zero-order valence-corrected chi connectivity index (χ0v) is 24.6. The molecule has 0 saturated heterocycles. The van der Waals surface area contributed by atoms with Crippen LogP contribution >= 0.6 is 0 Å². The van der Waals surface area contributed by atoms with Gasteiger partial charge in [0.05, 0.1) is 29.8 Å². The smallest absolute Gasteiger partial charge is 0.374 e. The highest BCUT2D eigenvalue weighted by Crippen LogP contribution is 2.43. The van der Waals surface area contributed by atoms with Gasteiger partial charge in [-0.1, -0.05) is 30.9 Å². The van der Waals surface area contributed by atoms with Crippen molar-refractivity contribution in [2.24, 2.45) is 13.0 Å². The number of nitrogens with zero attached hydrogens (tertiary/aromatic N) is 6. The van der Waals surface area contributed by atoms with E-state index in [1.807, 2.05) is 6.92 Å². The van der Waals surface area contributed by atoms with Gasteiger partial charge in [0, 0.05) is 25.8 Å². The summed E-state index contributed by atoms with van der Waals surface area (Å²) in [4.78, 5) is 4.24. The third-order valence-electron chi connectivity index (χ3n) is 7.90. The Labute approximate surface area is 248 Å². The summed E-state index contributed by atoms with van der Waals surface area (Å²) in [5.74, 6) is 0.193. The molecule has 1 aliphatic carbocycles. The SMILES string of the molecule is CCC[C@@H](c1cc(C)c(C(F)(F)F)cc1N(C)CC1CCC1)N(Cc1cc(C(F)(F)F)cc(C(F)(F)F)c1)c1nnn(C)n1. The van der Waals surface area contributed by atoms with Gasteiger partial charge in [-0.2, -0.15) is 44.3 Å². The molecule has 1 aliphatic rings. The molecule has 6 nitrogen and oxygen atoms in total. The summed E-state index contributed by atoms with van der Waals surface area (Å²) in [5, 5.41) is 12.0. The Bertz CT molecular complexity index is 1410. The molecule has 0 unspecified atom stereocenters. The number of tetrazole rings is 1. The van der Waals surface area contributed by atoms with Gasteiger partial charge in [0.15, 0.2) is 0 Å². The fourth-order valence-electron chi connectivity index (χ4n) is 5.55. The van der Waals surface area contributed by atoms with Crippen molar-refractivity contribution in [1.82, 2.24) is 20.2 Å². The first-order valence-electron chi connectivity index (χ1n) is 14.1. The van der Waals surface area contributed by atoms with Crippen molar-refractivity contribution in [2.75, 3.05) is 23.4 Å². The Morgan fingerprint density at radius 3 is 1.98 bits per heavy atom. The number of aromatic nitrogens is 4. The highest BCUT2D eigenvalue weighted by molar-refractivity contribution is 5.61. The first-order chi connectivity index (χ1) is 20.4. The molecule has 242 valence electrons. The van der Waals surface area contributed by atoms with Crippen LogP contribution in [0.5, 0.6) is 0 Å². The predicted octanol–water partition coefficient (Wildman–Crippen LogP) is 8.36. The van der Waals surface area contributed by atoms with Crippen molar-refractivity contribution in [3.63, 3.8) is 0 Å². The summed E-state index contributed by atoms with van der Waals surface area (Å²) < 4.78 is 124. The van der Waals surface area contributed by atoms with E-state index in [1.165, 1.54) is 24.9 Å². The van der Waals surface area contributed by atoms with Gasteiger partial charge in [-0.3, -0.25) is 0 Å². The lowest BCUT2D eigenvalue weighted by Gasteiger charge is -2.37. The minimum absolute atomic E-state index is 0.0463. The topological polar surface area (TPSA) is 50.1 Å². The molecular formula is C29H33F9N6. The van der Waals surface area contributed by atoms with Crippen LogP contribution in [0.25, 0.3) is 0 Å². The van der Waals surface area contributed by atoms with Gasteiger partial charge in [0.25, 0.3) is 5.95 Å². The van der Waals surface area contributed by atoms with Crippen LogP contribution in [-0.4, -0.2) is 33.8 Å². The second-order valence-electron chi connectivity index (χ2n) is 11.3. The molecule has 1 fully saturated rings. The van der Waals surface area contributed by atoms with Crippen LogP contribution in [0, 0.1) is 12.8 Å². The molecule has 0 bridgehead atoms. The molecule has 1 saturated carbocycles. The number of halogens is 9. The first kappa shape index (κ1) is 33.4. The second kappa shape index (κ2) is 12.5. The number of anilines is 2. The molecule has 44 heavy (non-hydrogen) atoms. The van der Waals surface area contributed by atoms with Crippen molar-refractivity contribution < 1.29 is 39.5 Å². The molecule has 3 aromatic rings. The Hall–Kier alpha value is -3.52. The van der Waals surface area contributed by atoms with E-state index in [1.54, 1.807) is 11.9 Å². The van der Waals surface area contributed by atoms with Gasteiger partial charge in [-0.15, -0.1) is 5.10 Å². The molecule has 1 heterocycles. The van der Waals surface area contributed by atoms with Crippen LogP contribution in [0.3, 0.4) is 0 Å². The molecule has 0 radical (unpaired) electrons. The Kier molecular flexibility index (Phi) is 9.46. The lowest BCUT2D eigenvalue weighted by Crippen LogP contribution is -2.34. The van der Waals surface area contributed by atoms with Crippen LogP contribution in [0.1, 0.15) is 78.5 Å². The van der Waals surface area contributed by atoms with Crippen LogP contribution in [-0.2, 0) is 32.1 Å².